The zero-order chi connectivity index (χ0) is 14.5. The largest absolute Gasteiger partial charge is 0.310 e. The Labute approximate surface area is 142 Å². The van der Waals surface area contributed by atoms with Gasteiger partial charge in [-0.25, -0.2) is 0 Å². The van der Waals surface area contributed by atoms with Crippen LogP contribution in [0, 0.1) is 0 Å². The Bertz CT molecular complexity index is 551. The van der Waals surface area contributed by atoms with Crippen molar-refractivity contribution in [1.82, 2.24) is 5.32 Å². The van der Waals surface area contributed by atoms with Crippen LogP contribution in [-0.2, 0) is 6.42 Å². The van der Waals surface area contributed by atoms with Crippen molar-refractivity contribution < 1.29 is 0 Å². The molecule has 1 aromatic carbocycles. The number of hydrogen-bond acceptors (Lipinski definition) is 2. The number of benzene rings is 1. The topological polar surface area (TPSA) is 12.0 Å². The molecule has 1 nitrogen and oxygen atoms in total. The van der Waals surface area contributed by atoms with Crippen molar-refractivity contribution in [1.29, 1.82) is 0 Å². The van der Waals surface area contributed by atoms with Gasteiger partial charge in [-0.05, 0) is 64.1 Å². The molecule has 0 saturated carbocycles. The molecule has 0 spiro atoms. The molecule has 0 aliphatic rings. The van der Waals surface area contributed by atoms with Crippen molar-refractivity contribution >= 4 is 50.5 Å². The van der Waals surface area contributed by atoms with Crippen molar-refractivity contribution in [2.45, 2.75) is 25.8 Å². The number of nitrogens with one attached hydrogen (secondary N) is 1. The van der Waals surface area contributed by atoms with Crippen molar-refractivity contribution in [2.24, 2.45) is 0 Å². The summed E-state index contributed by atoms with van der Waals surface area (Å²) >= 11 is 17.6. The predicted octanol–water partition coefficient (Wildman–Crippen LogP) is 6.10. The molecule has 0 amide bonds. The molecule has 20 heavy (non-hydrogen) atoms. The van der Waals surface area contributed by atoms with E-state index in [2.05, 4.69) is 39.6 Å². The molecule has 1 aromatic heterocycles. The summed E-state index contributed by atoms with van der Waals surface area (Å²) in [6.45, 7) is 3.13. The van der Waals surface area contributed by atoms with Crippen LogP contribution in [0.3, 0.4) is 0 Å². The molecule has 1 unspecified atom stereocenters. The van der Waals surface area contributed by atoms with Gasteiger partial charge >= 0.3 is 0 Å². The molecule has 2 rings (SSSR count). The van der Waals surface area contributed by atoms with E-state index in [1.165, 1.54) is 9.35 Å². The molecule has 2 aromatic rings. The predicted molar refractivity (Wildman–Crippen MR) is 93.2 cm³/mol. The van der Waals surface area contributed by atoms with E-state index >= 15 is 0 Å². The number of halogens is 3. The van der Waals surface area contributed by atoms with Gasteiger partial charge in [-0.3, -0.25) is 0 Å². The van der Waals surface area contributed by atoms with Crippen LogP contribution >= 0.6 is 50.5 Å². The summed E-state index contributed by atoms with van der Waals surface area (Å²) in [5.74, 6) is 0. The van der Waals surface area contributed by atoms with Crippen molar-refractivity contribution in [2.75, 3.05) is 6.54 Å². The van der Waals surface area contributed by atoms with Crippen molar-refractivity contribution in [3.05, 3.63) is 54.6 Å². The minimum absolute atomic E-state index is 0.223. The summed E-state index contributed by atoms with van der Waals surface area (Å²) in [4.78, 5) is 1.33. The SMILES string of the molecule is CCCNC(Cc1sccc1Br)c1cc(Cl)cc(Cl)c1. The lowest BCUT2D eigenvalue weighted by atomic mass is 10.0. The number of rotatable bonds is 6. The van der Waals surface area contributed by atoms with Gasteiger partial charge in [0.25, 0.3) is 0 Å². The van der Waals surface area contributed by atoms with E-state index in [-0.39, 0.29) is 6.04 Å². The zero-order valence-electron chi connectivity index (χ0n) is 11.1. The quantitative estimate of drug-likeness (QED) is 0.625. The summed E-state index contributed by atoms with van der Waals surface area (Å²) in [7, 11) is 0. The lowest BCUT2D eigenvalue weighted by molar-refractivity contribution is 0.532. The third kappa shape index (κ3) is 4.47. The van der Waals surface area contributed by atoms with E-state index in [9.17, 15) is 0 Å². The van der Waals surface area contributed by atoms with Gasteiger partial charge in [-0.2, -0.15) is 0 Å². The standard InChI is InChI=1S/C15H16BrCl2NS/c1-2-4-19-14(9-15-13(16)3-5-20-15)10-6-11(17)8-12(18)7-10/h3,5-8,14,19H,2,4,9H2,1H3. The first kappa shape index (κ1) is 16.3. The Morgan fingerprint density at radius 3 is 2.50 bits per heavy atom. The third-order valence-electron chi connectivity index (χ3n) is 3.01. The lowest BCUT2D eigenvalue weighted by Gasteiger charge is -2.19. The van der Waals surface area contributed by atoms with Crippen LogP contribution < -0.4 is 5.32 Å². The Balaban J connectivity index is 2.24. The first-order valence-corrected chi connectivity index (χ1v) is 8.94. The van der Waals surface area contributed by atoms with Crippen LogP contribution in [-0.4, -0.2) is 6.54 Å². The molecular formula is C15H16BrCl2NS. The molecule has 1 heterocycles. The maximum atomic E-state index is 6.12. The normalized spacial score (nSPS) is 12.6. The third-order valence-corrected chi connectivity index (χ3v) is 5.39. The van der Waals surface area contributed by atoms with Crippen LogP contribution in [0.5, 0.6) is 0 Å². The highest BCUT2D eigenvalue weighted by Gasteiger charge is 2.15. The van der Waals surface area contributed by atoms with Crippen molar-refractivity contribution in [3.8, 4) is 0 Å². The zero-order valence-corrected chi connectivity index (χ0v) is 15.0. The van der Waals surface area contributed by atoms with E-state index < -0.39 is 0 Å². The molecule has 108 valence electrons. The van der Waals surface area contributed by atoms with E-state index in [0.29, 0.717) is 10.0 Å². The first-order chi connectivity index (χ1) is 9.60. The Morgan fingerprint density at radius 2 is 1.95 bits per heavy atom. The maximum absolute atomic E-state index is 6.12. The molecule has 0 bridgehead atoms. The number of hydrogen-bond donors (Lipinski definition) is 1. The summed E-state index contributed by atoms with van der Waals surface area (Å²) < 4.78 is 1.17. The highest BCUT2D eigenvalue weighted by molar-refractivity contribution is 9.10. The second-order valence-electron chi connectivity index (χ2n) is 4.61. The highest BCUT2D eigenvalue weighted by Crippen LogP contribution is 2.30. The second-order valence-corrected chi connectivity index (χ2v) is 7.33. The van der Waals surface area contributed by atoms with E-state index in [1.807, 2.05) is 12.1 Å². The van der Waals surface area contributed by atoms with Crippen LogP contribution in [0.25, 0.3) is 0 Å². The van der Waals surface area contributed by atoms with Crippen LogP contribution in [0.2, 0.25) is 10.0 Å². The Morgan fingerprint density at radius 1 is 1.25 bits per heavy atom. The highest BCUT2D eigenvalue weighted by atomic mass is 79.9. The van der Waals surface area contributed by atoms with Gasteiger partial charge in [-0.1, -0.05) is 30.1 Å². The molecule has 0 saturated heterocycles. The summed E-state index contributed by atoms with van der Waals surface area (Å²) in [6, 6.07) is 8.05. The second kappa shape index (κ2) is 7.81. The Hall–Kier alpha value is -0.0600. The van der Waals surface area contributed by atoms with E-state index in [4.69, 9.17) is 23.2 Å². The smallest absolute Gasteiger partial charge is 0.0424 e. The van der Waals surface area contributed by atoms with Crippen LogP contribution in [0.4, 0.5) is 0 Å². The van der Waals surface area contributed by atoms with Gasteiger partial charge in [0.1, 0.15) is 0 Å². The summed E-state index contributed by atoms with van der Waals surface area (Å²) in [5.41, 5.74) is 1.14. The van der Waals surface area contributed by atoms with Gasteiger partial charge in [-0.15, -0.1) is 11.3 Å². The molecule has 1 N–H and O–H groups in total. The average Bonchev–Trinajstić information content (AvgIpc) is 2.78. The molecule has 0 aliphatic heterocycles. The molecular weight excluding hydrogens is 377 g/mol. The monoisotopic (exact) mass is 391 g/mol. The molecule has 0 aliphatic carbocycles. The van der Waals surface area contributed by atoms with Gasteiger partial charge < -0.3 is 5.32 Å². The molecule has 5 heteroatoms. The van der Waals surface area contributed by atoms with Gasteiger partial charge in [0, 0.05) is 31.9 Å². The van der Waals surface area contributed by atoms with E-state index in [0.717, 1.165) is 24.9 Å². The Kier molecular flexibility index (Phi) is 6.37. The fourth-order valence-corrected chi connectivity index (χ4v) is 4.16. The molecule has 0 fully saturated rings. The summed E-state index contributed by atoms with van der Waals surface area (Å²) in [5, 5.41) is 7.04. The summed E-state index contributed by atoms with van der Waals surface area (Å²) in [6.07, 6.45) is 2.02. The molecule has 1 atom stereocenters. The van der Waals surface area contributed by atoms with Gasteiger partial charge in [0.2, 0.25) is 0 Å². The molecule has 0 radical (unpaired) electrons. The lowest BCUT2D eigenvalue weighted by Crippen LogP contribution is -2.24. The van der Waals surface area contributed by atoms with Crippen LogP contribution in [0.1, 0.15) is 29.8 Å². The minimum atomic E-state index is 0.223. The van der Waals surface area contributed by atoms with E-state index in [1.54, 1.807) is 17.4 Å². The van der Waals surface area contributed by atoms with Gasteiger partial charge in [0.15, 0.2) is 0 Å². The fourth-order valence-electron chi connectivity index (χ4n) is 2.06. The van der Waals surface area contributed by atoms with Crippen molar-refractivity contribution in [3.63, 3.8) is 0 Å². The number of thiophene rings is 1. The van der Waals surface area contributed by atoms with Crippen LogP contribution in [0.15, 0.2) is 34.1 Å². The fraction of sp³-hybridized carbons (Fsp3) is 0.333. The van der Waals surface area contributed by atoms with Gasteiger partial charge in [0.05, 0.1) is 0 Å². The average molecular weight is 393 g/mol. The minimum Gasteiger partial charge on any atom is -0.310 e. The maximum Gasteiger partial charge on any atom is 0.0424 e. The first-order valence-electron chi connectivity index (χ1n) is 6.51.